The quantitative estimate of drug-likeness (QED) is 0.821. The second-order valence-corrected chi connectivity index (χ2v) is 5.30. The highest BCUT2D eigenvalue weighted by Gasteiger charge is 2.28. The lowest BCUT2D eigenvalue weighted by atomic mass is 10.2. The van der Waals surface area contributed by atoms with Crippen LogP contribution in [0.25, 0.3) is 6.08 Å². The molecule has 0 aliphatic carbocycles. The smallest absolute Gasteiger partial charge is 0.328 e. The Balaban J connectivity index is 1.92. The minimum Gasteiger partial charge on any atom is -0.478 e. The number of hydrogen-bond acceptors (Lipinski definition) is 5. The Hall–Kier alpha value is -1.73. The number of aliphatic carboxylic acids is 1. The number of carbonyl (C=O) groups excluding carboxylic acids is 1. The van der Waals surface area contributed by atoms with Gasteiger partial charge in [-0.1, -0.05) is 11.3 Å². The molecule has 0 saturated carbocycles. The number of carbonyl (C=O) groups is 2. The number of ether oxygens (including phenoxy) is 1. The molecule has 2 unspecified atom stereocenters. The maximum absolute atomic E-state index is 11.9. The third-order valence-electron chi connectivity index (χ3n) is 2.67. The average molecular weight is 282 g/mol. The van der Waals surface area contributed by atoms with Crippen LogP contribution in [0.2, 0.25) is 0 Å². The number of aromatic nitrogens is 1. The molecule has 1 amide bonds. The number of nitrogens with zero attached hydrogens (tertiary/aromatic N) is 1. The first-order chi connectivity index (χ1) is 9.04. The van der Waals surface area contributed by atoms with Crippen LogP contribution < -0.4 is 5.32 Å². The first kappa shape index (κ1) is 13.7. The number of carboxylic acid groups (broad SMARTS) is 1. The molecule has 1 aliphatic rings. The van der Waals surface area contributed by atoms with Crippen LogP contribution in [-0.2, 0) is 14.3 Å². The van der Waals surface area contributed by atoms with Crippen molar-refractivity contribution < 1.29 is 19.4 Å². The van der Waals surface area contributed by atoms with Gasteiger partial charge in [-0.3, -0.25) is 10.1 Å². The average Bonchev–Trinajstić information content (AvgIpc) is 2.95. The van der Waals surface area contributed by atoms with Gasteiger partial charge in [-0.2, -0.15) is 0 Å². The van der Waals surface area contributed by atoms with Crippen molar-refractivity contribution in [2.24, 2.45) is 0 Å². The molecular formula is C12H14N2O4S. The van der Waals surface area contributed by atoms with E-state index >= 15 is 0 Å². The summed E-state index contributed by atoms with van der Waals surface area (Å²) in [6.07, 6.45) is 5.26. The predicted octanol–water partition coefficient (Wildman–Crippen LogP) is 1.75. The van der Waals surface area contributed by atoms with Gasteiger partial charge in [0.2, 0.25) is 0 Å². The van der Waals surface area contributed by atoms with Gasteiger partial charge >= 0.3 is 5.97 Å². The number of anilines is 1. The fraction of sp³-hybridized carbons (Fsp3) is 0.417. The van der Waals surface area contributed by atoms with E-state index in [4.69, 9.17) is 9.84 Å². The summed E-state index contributed by atoms with van der Waals surface area (Å²) in [5.41, 5.74) is 0. The molecule has 0 aromatic carbocycles. The molecule has 1 fully saturated rings. The van der Waals surface area contributed by atoms with E-state index in [0.717, 1.165) is 12.5 Å². The second kappa shape index (κ2) is 5.94. The van der Waals surface area contributed by atoms with Crippen LogP contribution >= 0.6 is 11.3 Å². The molecule has 6 nitrogen and oxygen atoms in total. The molecular weight excluding hydrogens is 268 g/mol. The van der Waals surface area contributed by atoms with Crippen molar-refractivity contribution in [3.05, 3.63) is 17.2 Å². The van der Waals surface area contributed by atoms with E-state index < -0.39 is 12.1 Å². The zero-order valence-corrected chi connectivity index (χ0v) is 11.1. The number of amides is 1. The lowest BCUT2D eigenvalue weighted by molar-refractivity contribution is -0.131. The summed E-state index contributed by atoms with van der Waals surface area (Å²) < 4.78 is 5.45. The molecule has 2 heterocycles. The SMILES string of the molecule is CC1CCC(C(=O)Nc2ncc(/C=C/C(=O)O)s2)O1. The largest absolute Gasteiger partial charge is 0.478 e. The molecule has 0 spiro atoms. The first-order valence-electron chi connectivity index (χ1n) is 5.88. The number of nitrogens with one attached hydrogen (secondary N) is 1. The summed E-state index contributed by atoms with van der Waals surface area (Å²) in [4.78, 5) is 26.9. The van der Waals surface area contributed by atoms with Crippen molar-refractivity contribution in [1.82, 2.24) is 4.98 Å². The van der Waals surface area contributed by atoms with E-state index in [0.29, 0.717) is 16.4 Å². The van der Waals surface area contributed by atoms with Crippen molar-refractivity contribution in [3.63, 3.8) is 0 Å². The van der Waals surface area contributed by atoms with Gasteiger partial charge in [0, 0.05) is 17.2 Å². The number of thiazole rings is 1. The fourth-order valence-electron chi connectivity index (χ4n) is 1.76. The Morgan fingerprint density at radius 2 is 2.37 bits per heavy atom. The standard InChI is InChI=1S/C12H14N2O4S/c1-7-2-4-9(18-7)11(17)14-12-13-6-8(19-12)3-5-10(15)16/h3,5-7,9H,2,4H2,1H3,(H,15,16)(H,13,14,17)/b5-3+. The van der Waals surface area contributed by atoms with E-state index in [-0.39, 0.29) is 12.0 Å². The van der Waals surface area contributed by atoms with Crippen LogP contribution in [0.3, 0.4) is 0 Å². The Kier molecular flexibility index (Phi) is 4.28. The van der Waals surface area contributed by atoms with Crippen LogP contribution in [0, 0.1) is 0 Å². The topological polar surface area (TPSA) is 88.5 Å². The maximum Gasteiger partial charge on any atom is 0.328 e. The molecule has 2 atom stereocenters. The number of carboxylic acids is 1. The normalized spacial score (nSPS) is 22.8. The highest BCUT2D eigenvalue weighted by atomic mass is 32.1. The third-order valence-corrected chi connectivity index (χ3v) is 3.55. The highest BCUT2D eigenvalue weighted by molar-refractivity contribution is 7.16. The van der Waals surface area contributed by atoms with Gasteiger partial charge < -0.3 is 9.84 Å². The zero-order valence-electron chi connectivity index (χ0n) is 10.3. The Labute approximate surface area is 114 Å². The number of rotatable bonds is 4. The van der Waals surface area contributed by atoms with Crippen LogP contribution in [0.5, 0.6) is 0 Å². The van der Waals surface area contributed by atoms with Crippen molar-refractivity contribution in [3.8, 4) is 0 Å². The molecule has 1 saturated heterocycles. The monoisotopic (exact) mass is 282 g/mol. The summed E-state index contributed by atoms with van der Waals surface area (Å²) in [7, 11) is 0. The molecule has 19 heavy (non-hydrogen) atoms. The molecule has 0 radical (unpaired) electrons. The van der Waals surface area contributed by atoms with Gasteiger partial charge in [-0.15, -0.1) is 0 Å². The van der Waals surface area contributed by atoms with Crippen molar-refractivity contribution >= 4 is 34.4 Å². The summed E-state index contributed by atoms with van der Waals surface area (Å²) in [6, 6.07) is 0. The van der Waals surface area contributed by atoms with Crippen molar-refractivity contribution in [2.75, 3.05) is 5.32 Å². The lowest BCUT2D eigenvalue weighted by Crippen LogP contribution is -2.27. The van der Waals surface area contributed by atoms with Gasteiger partial charge in [-0.25, -0.2) is 9.78 Å². The molecule has 102 valence electrons. The third kappa shape index (κ3) is 3.87. The molecule has 7 heteroatoms. The Bertz CT molecular complexity index is 512. The van der Waals surface area contributed by atoms with Crippen LogP contribution in [0.15, 0.2) is 12.3 Å². The molecule has 2 rings (SSSR count). The minimum absolute atomic E-state index is 0.112. The van der Waals surface area contributed by atoms with Crippen molar-refractivity contribution in [1.29, 1.82) is 0 Å². The van der Waals surface area contributed by atoms with Crippen LogP contribution in [-0.4, -0.2) is 34.2 Å². The van der Waals surface area contributed by atoms with E-state index in [9.17, 15) is 9.59 Å². The van der Waals surface area contributed by atoms with E-state index in [1.54, 1.807) is 0 Å². The fourth-order valence-corrected chi connectivity index (χ4v) is 2.48. The van der Waals surface area contributed by atoms with E-state index in [1.807, 2.05) is 6.92 Å². The molecule has 1 aliphatic heterocycles. The first-order valence-corrected chi connectivity index (χ1v) is 6.69. The summed E-state index contributed by atoms with van der Waals surface area (Å²) in [6.45, 7) is 1.94. The highest BCUT2D eigenvalue weighted by Crippen LogP contribution is 2.23. The molecule has 1 aromatic heterocycles. The zero-order chi connectivity index (χ0) is 13.8. The van der Waals surface area contributed by atoms with Gasteiger partial charge in [0.1, 0.15) is 6.10 Å². The van der Waals surface area contributed by atoms with Crippen LogP contribution in [0.4, 0.5) is 5.13 Å². The number of hydrogen-bond donors (Lipinski definition) is 2. The molecule has 0 bridgehead atoms. The summed E-state index contributed by atoms with van der Waals surface area (Å²) in [5, 5.41) is 11.6. The van der Waals surface area contributed by atoms with E-state index in [2.05, 4.69) is 10.3 Å². The maximum atomic E-state index is 11.9. The van der Waals surface area contributed by atoms with Crippen molar-refractivity contribution in [2.45, 2.75) is 32.0 Å². The van der Waals surface area contributed by atoms with Gasteiger partial charge in [0.05, 0.1) is 6.10 Å². The predicted molar refractivity (Wildman–Crippen MR) is 71.0 cm³/mol. The second-order valence-electron chi connectivity index (χ2n) is 4.24. The minimum atomic E-state index is -1.02. The summed E-state index contributed by atoms with van der Waals surface area (Å²) >= 11 is 1.21. The van der Waals surface area contributed by atoms with Gasteiger partial charge in [0.15, 0.2) is 5.13 Å². The van der Waals surface area contributed by atoms with E-state index in [1.165, 1.54) is 23.6 Å². The molecule has 1 aromatic rings. The lowest BCUT2D eigenvalue weighted by Gasteiger charge is -2.09. The summed E-state index contributed by atoms with van der Waals surface area (Å²) in [5.74, 6) is -1.22. The Morgan fingerprint density at radius 1 is 1.58 bits per heavy atom. The van der Waals surface area contributed by atoms with Crippen LogP contribution in [0.1, 0.15) is 24.6 Å². The molecule has 2 N–H and O–H groups in total. The van der Waals surface area contributed by atoms with Gasteiger partial charge in [0.25, 0.3) is 5.91 Å². The Morgan fingerprint density at radius 3 is 3.00 bits per heavy atom. The van der Waals surface area contributed by atoms with Gasteiger partial charge in [-0.05, 0) is 25.8 Å².